The van der Waals surface area contributed by atoms with Gasteiger partial charge in [0.1, 0.15) is 6.04 Å². The number of aryl methyl sites for hydroxylation is 1. The van der Waals surface area contributed by atoms with Crippen molar-refractivity contribution < 1.29 is 9.69 Å². The number of nitrogens with one attached hydrogen (secondary N) is 2. The van der Waals surface area contributed by atoms with E-state index in [0.29, 0.717) is 12.6 Å². The Labute approximate surface area is 143 Å². The molecule has 116 valence electrons. The van der Waals surface area contributed by atoms with Crippen molar-refractivity contribution in [3.8, 4) is 0 Å². The van der Waals surface area contributed by atoms with Gasteiger partial charge in [-0.25, -0.2) is 0 Å². The molecule has 1 aromatic heterocycles. The van der Waals surface area contributed by atoms with E-state index < -0.39 is 0 Å². The number of carbonyl (C=O) groups excluding carboxylic acids is 1. The molecule has 0 saturated carbocycles. The monoisotopic (exact) mass is 379 g/mol. The number of anilines is 1. The van der Waals surface area contributed by atoms with Gasteiger partial charge in [-0.05, 0) is 42.1 Å². The fourth-order valence-electron chi connectivity index (χ4n) is 3.09. The molecule has 2 N–H and O–H groups in total. The second-order valence-electron chi connectivity index (χ2n) is 5.81. The van der Waals surface area contributed by atoms with Gasteiger partial charge in [-0.1, -0.05) is 22.0 Å². The molecule has 2 heterocycles. The van der Waals surface area contributed by atoms with Crippen LogP contribution in [-0.4, -0.2) is 19.0 Å². The molecule has 1 unspecified atom stereocenters. The van der Waals surface area contributed by atoms with Crippen LogP contribution in [0.15, 0.2) is 40.2 Å². The first kappa shape index (κ1) is 15.7. The topological polar surface area (TPSA) is 33.5 Å². The Morgan fingerprint density at radius 2 is 2.32 bits per heavy atom. The zero-order chi connectivity index (χ0) is 15.5. The molecule has 1 aromatic carbocycles. The summed E-state index contributed by atoms with van der Waals surface area (Å²) in [4.78, 5) is 15.1. The summed E-state index contributed by atoms with van der Waals surface area (Å²) in [6.45, 7) is 3.64. The Morgan fingerprint density at radius 1 is 1.45 bits per heavy atom. The maximum atomic E-state index is 12.3. The Bertz CT molecular complexity index is 657. The lowest BCUT2D eigenvalue weighted by Crippen LogP contribution is -3.11. The molecule has 1 amide bonds. The summed E-state index contributed by atoms with van der Waals surface area (Å²) < 4.78 is 1.06. The second-order valence-corrected chi connectivity index (χ2v) is 7.64. The lowest BCUT2D eigenvalue weighted by Gasteiger charge is -2.20. The summed E-state index contributed by atoms with van der Waals surface area (Å²) in [6.07, 6.45) is 2.38. The second kappa shape index (κ2) is 6.94. The van der Waals surface area contributed by atoms with E-state index >= 15 is 0 Å². The van der Waals surface area contributed by atoms with Crippen LogP contribution < -0.4 is 10.2 Å². The van der Waals surface area contributed by atoms with E-state index in [9.17, 15) is 4.79 Å². The third-order valence-corrected chi connectivity index (χ3v) is 6.08. The number of quaternary nitrogens is 1. The van der Waals surface area contributed by atoms with E-state index in [1.54, 1.807) is 11.3 Å². The van der Waals surface area contributed by atoms with Gasteiger partial charge >= 0.3 is 0 Å². The Hall–Kier alpha value is -1.17. The van der Waals surface area contributed by atoms with Crippen molar-refractivity contribution in [1.82, 2.24) is 0 Å². The fourth-order valence-corrected chi connectivity index (χ4v) is 4.26. The van der Waals surface area contributed by atoms with Crippen molar-refractivity contribution in [3.63, 3.8) is 0 Å². The number of rotatable bonds is 4. The van der Waals surface area contributed by atoms with Crippen LogP contribution in [0.2, 0.25) is 0 Å². The first-order valence-electron chi connectivity index (χ1n) is 7.57. The van der Waals surface area contributed by atoms with Gasteiger partial charge in [0.15, 0.2) is 6.54 Å². The van der Waals surface area contributed by atoms with Gasteiger partial charge < -0.3 is 10.2 Å². The molecule has 1 saturated heterocycles. The Morgan fingerprint density at radius 3 is 3.05 bits per heavy atom. The van der Waals surface area contributed by atoms with Gasteiger partial charge in [0, 0.05) is 23.0 Å². The SMILES string of the molecule is Cc1cc(NC(=O)C[NH+]2CCC[C@H]2c2cccs2)ccc1Br. The van der Waals surface area contributed by atoms with Crippen molar-refractivity contribution >= 4 is 38.9 Å². The van der Waals surface area contributed by atoms with Gasteiger partial charge in [-0.15, -0.1) is 11.3 Å². The van der Waals surface area contributed by atoms with E-state index in [0.717, 1.165) is 22.3 Å². The zero-order valence-electron chi connectivity index (χ0n) is 12.6. The summed E-state index contributed by atoms with van der Waals surface area (Å²) in [5.41, 5.74) is 2.00. The molecule has 3 nitrogen and oxygen atoms in total. The summed E-state index contributed by atoms with van der Waals surface area (Å²) in [6, 6.07) is 10.7. The highest BCUT2D eigenvalue weighted by Crippen LogP contribution is 2.23. The van der Waals surface area contributed by atoms with Crippen LogP contribution >= 0.6 is 27.3 Å². The molecule has 2 aromatic rings. The van der Waals surface area contributed by atoms with Gasteiger partial charge in [0.2, 0.25) is 0 Å². The molecule has 22 heavy (non-hydrogen) atoms. The van der Waals surface area contributed by atoms with Gasteiger partial charge in [0.25, 0.3) is 5.91 Å². The highest BCUT2D eigenvalue weighted by Gasteiger charge is 2.32. The summed E-state index contributed by atoms with van der Waals surface area (Å²) >= 11 is 5.28. The van der Waals surface area contributed by atoms with Gasteiger partial charge in [-0.3, -0.25) is 4.79 Å². The molecule has 1 aliphatic rings. The molecule has 0 spiro atoms. The molecule has 0 radical (unpaired) electrons. The normalized spacial score (nSPS) is 21.0. The van der Waals surface area contributed by atoms with E-state index in [4.69, 9.17) is 0 Å². The Balaban J connectivity index is 1.62. The quantitative estimate of drug-likeness (QED) is 0.840. The highest BCUT2D eigenvalue weighted by molar-refractivity contribution is 9.10. The van der Waals surface area contributed by atoms with E-state index in [-0.39, 0.29) is 5.91 Å². The predicted octanol–water partition coefficient (Wildman–Crippen LogP) is 3.18. The predicted molar refractivity (Wildman–Crippen MR) is 94.5 cm³/mol. The summed E-state index contributed by atoms with van der Waals surface area (Å²) in [5.74, 6) is 0.0974. The van der Waals surface area contributed by atoms with Crippen molar-refractivity contribution in [3.05, 3.63) is 50.6 Å². The number of carbonyl (C=O) groups is 1. The average molecular weight is 380 g/mol. The highest BCUT2D eigenvalue weighted by atomic mass is 79.9. The number of benzene rings is 1. The van der Waals surface area contributed by atoms with Crippen LogP contribution in [0.1, 0.15) is 29.3 Å². The standard InChI is InChI=1S/C17H19BrN2OS/c1-12-10-13(6-7-14(12)18)19-17(21)11-20-8-2-4-15(20)16-5-3-9-22-16/h3,5-7,9-10,15H,2,4,8,11H2,1H3,(H,19,21)/p+1/t15-/m0/s1. The summed E-state index contributed by atoms with van der Waals surface area (Å²) in [7, 11) is 0. The third-order valence-electron chi connectivity index (χ3n) is 4.20. The average Bonchev–Trinajstić information content (AvgIpc) is 3.13. The molecule has 5 heteroatoms. The van der Waals surface area contributed by atoms with Crippen LogP contribution in [0.3, 0.4) is 0 Å². The molecular formula is C17H20BrN2OS+. The number of likely N-dealkylation sites (tertiary alicyclic amines) is 1. The number of halogens is 1. The molecule has 0 aliphatic carbocycles. The fraction of sp³-hybridized carbons (Fsp3) is 0.353. The van der Waals surface area contributed by atoms with Crippen LogP contribution in [0, 0.1) is 6.92 Å². The first-order chi connectivity index (χ1) is 10.6. The minimum absolute atomic E-state index is 0.0974. The van der Waals surface area contributed by atoms with Crippen LogP contribution in [0.4, 0.5) is 5.69 Å². The molecule has 1 aliphatic heterocycles. The maximum Gasteiger partial charge on any atom is 0.279 e. The van der Waals surface area contributed by atoms with Gasteiger partial charge in [-0.2, -0.15) is 0 Å². The number of amides is 1. The molecular weight excluding hydrogens is 360 g/mol. The molecule has 1 fully saturated rings. The number of hydrogen-bond donors (Lipinski definition) is 2. The number of thiophene rings is 1. The maximum absolute atomic E-state index is 12.3. The lowest BCUT2D eigenvalue weighted by molar-refractivity contribution is -0.910. The Kier molecular flexibility index (Phi) is 4.96. The van der Waals surface area contributed by atoms with E-state index in [2.05, 4.69) is 38.8 Å². The smallest absolute Gasteiger partial charge is 0.279 e. The minimum Gasteiger partial charge on any atom is -0.321 e. The van der Waals surface area contributed by atoms with Gasteiger partial charge in [0.05, 0.1) is 11.4 Å². The van der Waals surface area contributed by atoms with Crippen LogP contribution in [0.25, 0.3) is 0 Å². The molecule has 3 rings (SSSR count). The number of hydrogen-bond acceptors (Lipinski definition) is 2. The molecule has 0 bridgehead atoms. The minimum atomic E-state index is 0.0974. The lowest BCUT2D eigenvalue weighted by atomic mass is 10.2. The van der Waals surface area contributed by atoms with Crippen molar-refractivity contribution in [1.29, 1.82) is 0 Å². The third kappa shape index (κ3) is 3.59. The van der Waals surface area contributed by atoms with Crippen LogP contribution in [0.5, 0.6) is 0 Å². The van der Waals surface area contributed by atoms with Crippen LogP contribution in [-0.2, 0) is 4.79 Å². The van der Waals surface area contributed by atoms with E-state index in [1.165, 1.54) is 22.6 Å². The first-order valence-corrected chi connectivity index (χ1v) is 9.25. The van der Waals surface area contributed by atoms with Crippen molar-refractivity contribution in [2.24, 2.45) is 0 Å². The largest absolute Gasteiger partial charge is 0.321 e. The summed E-state index contributed by atoms with van der Waals surface area (Å²) in [5, 5.41) is 5.15. The zero-order valence-corrected chi connectivity index (χ0v) is 15.0. The van der Waals surface area contributed by atoms with Crippen molar-refractivity contribution in [2.45, 2.75) is 25.8 Å². The molecule has 2 atom stereocenters. The van der Waals surface area contributed by atoms with E-state index in [1.807, 2.05) is 25.1 Å². The van der Waals surface area contributed by atoms with Crippen molar-refractivity contribution in [2.75, 3.05) is 18.4 Å².